The Bertz CT molecular complexity index is 920. The lowest BCUT2D eigenvalue weighted by Crippen LogP contribution is -2.36. The highest BCUT2D eigenvalue weighted by molar-refractivity contribution is 5.97. The fraction of sp³-hybridized carbons (Fsp3) is 0.364. The van der Waals surface area contributed by atoms with Gasteiger partial charge in [-0.3, -0.25) is 9.59 Å². The van der Waals surface area contributed by atoms with Gasteiger partial charge in [0.05, 0.1) is 5.56 Å². The molecular formula is C22H24N2O3. The molecule has 2 amide bonds. The minimum Gasteiger partial charge on any atom is -0.507 e. The van der Waals surface area contributed by atoms with Crippen LogP contribution in [0.5, 0.6) is 5.75 Å². The van der Waals surface area contributed by atoms with E-state index >= 15 is 0 Å². The van der Waals surface area contributed by atoms with Gasteiger partial charge in [0, 0.05) is 25.7 Å². The average molecular weight is 364 g/mol. The van der Waals surface area contributed by atoms with E-state index in [2.05, 4.69) is 5.32 Å². The van der Waals surface area contributed by atoms with Crippen LogP contribution in [0.2, 0.25) is 0 Å². The molecular weight excluding hydrogens is 340 g/mol. The van der Waals surface area contributed by atoms with Crippen molar-refractivity contribution in [1.82, 2.24) is 4.90 Å². The van der Waals surface area contributed by atoms with Crippen LogP contribution in [0.4, 0.5) is 5.69 Å². The molecule has 140 valence electrons. The first-order valence-corrected chi connectivity index (χ1v) is 9.55. The van der Waals surface area contributed by atoms with Crippen molar-refractivity contribution in [3.8, 4) is 5.75 Å². The van der Waals surface area contributed by atoms with Gasteiger partial charge in [-0.15, -0.1) is 0 Å². The van der Waals surface area contributed by atoms with Crippen LogP contribution in [0, 0.1) is 0 Å². The lowest BCUT2D eigenvalue weighted by molar-refractivity contribution is -0.114. The van der Waals surface area contributed by atoms with Crippen LogP contribution in [-0.2, 0) is 30.6 Å². The van der Waals surface area contributed by atoms with Gasteiger partial charge in [0.1, 0.15) is 5.75 Å². The van der Waals surface area contributed by atoms with E-state index in [0.29, 0.717) is 25.1 Å². The number of hydrogen-bond acceptors (Lipinski definition) is 3. The summed E-state index contributed by atoms with van der Waals surface area (Å²) < 4.78 is 0. The number of rotatable bonds is 2. The molecule has 0 aromatic heterocycles. The molecule has 0 radical (unpaired) electrons. The van der Waals surface area contributed by atoms with Gasteiger partial charge in [0.15, 0.2) is 0 Å². The van der Waals surface area contributed by atoms with Gasteiger partial charge in [-0.2, -0.15) is 0 Å². The molecule has 1 aliphatic carbocycles. The summed E-state index contributed by atoms with van der Waals surface area (Å²) in [6, 6.07) is 9.44. The Morgan fingerprint density at radius 1 is 1.04 bits per heavy atom. The maximum atomic E-state index is 13.1. The van der Waals surface area contributed by atoms with Gasteiger partial charge < -0.3 is 15.3 Å². The van der Waals surface area contributed by atoms with E-state index in [1.165, 1.54) is 18.1 Å². The quantitative estimate of drug-likeness (QED) is 0.858. The molecule has 1 heterocycles. The Morgan fingerprint density at radius 2 is 1.78 bits per heavy atom. The van der Waals surface area contributed by atoms with E-state index in [1.807, 2.05) is 24.3 Å². The predicted octanol–water partition coefficient (Wildman–Crippen LogP) is 3.43. The van der Waals surface area contributed by atoms with Crippen molar-refractivity contribution in [2.45, 2.75) is 45.6 Å². The topological polar surface area (TPSA) is 69.6 Å². The summed E-state index contributed by atoms with van der Waals surface area (Å²) in [7, 11) is 0. The molecule has 2 aromatic rings. The Hall–Kier alpha value is -2.82. The standard InChI is InChI=1S/C22H24N2O3/c1-14(25)23-20-8-4-7-17-13-24(10-9-18(17)20)22(27)19-11-15-5-2-3-6-16(15)12-21(19)26/h4,7-8,11-12,26H,2-3,5-6,9-10,13H2,1H3,(H,23,25). The molecule has 27 heavy (non-hydrogen) atoms. The van der Waals surface area contributed by atoms with Gasteiger partial charge in [-0.25, -0.2) is 0 Å². The predicted molar refractivity (Wildman–Crippen MR) is 104 cm³/mol. The Kier molecular flexibility index (Phi) is 4.60. The van der Waals surface area contributed by atoms with Gasteiger partial charge in [0.2, 0.25) is 5.91 Å². The normalized spacial score (nSPS) is 15.7. The maximum absolute atomic E-state index is 13.1. The van der Waals surface area contributed by atoms with Gasteiger partial charge >= 0.3 is 0 Å². The summed E-state index contributed by atoms with van der Waals surface area (Å²) in [5.74, 6) is -0.143. The Morgan fingerprint density at radius 3 is 2.52 bits per heavy atom. The molecule has 2 aliphatic rings. The van der Waals surface area contributed by atoms with Crippen LogP contribution in [0.25, 0.3) is 0 Å². The Labute approximate surface area is 159 Å². The van der Waals surface area contributed by atoms with Crippen LogP contribution in [0.1, 0.15) is 52.4 Å². The smallest absolute Gasteiger partial charge is 0.257 e. The van der Waals surface area contributed by atoms with Crippen LogP contribution in [0.15, 0.2) is 30.3 Å². The number of carbonyl (C=O) groups is 2. The molecule has 0 unspecified atom stereocenters. The number of nitrogens with one attached hydrogen (secondary N) is 1. The van der Waals surface area contributed by atoms with E-state index in [1.54, 1.807) is 11.0 Å². The highest BCUT2D eigenvalue weighted by Gasteiger charge is 2.26. The van der Waals surface area contributed by atoms with Gasteiger partial charge in [-0.1, -0.05) is 12.1 Å². The van der Waals surface area contributed by atoms with Crippen LogP contribution < -0.4 is 5.32 Å². The fourth-order valence-electron chi connectivity index (χ4n) is 4.20. The number of hydrogen-bond donors (Lipinski definition) is 2. The van der Waals surface area contributed by atoms with Crippen LogP contribution >= 0.6 is 0 Å². The minimum absolute atomic E-state index is 0.0819. The third-order valence-corrected chi connectivity index (χ3v) is 5.55. The number of anilines is 1. The molecule has 0 atom stereocenters. The number of fused-ring (bicyclic) bond motifs is 2. The number of benzene rings is 2. The van der Waals surface area contributed by atoms with E-state index < -0.39 is 0 Å². The second kappa shape index (κ2) is 7.06. The highest BCUT2D eigenvalue weighted by Crippen LogP contribution is 2.31. The molecule has 2 aromatic carbocycles. The zero-order valence-corrected chi connectivity index (χ0v) is 15.5. The fourth-order valence-corrected chi connectivity index (χ4v) is 4.20. The second-order valence-electron chi connectivity index (χ2n) is 7.45. The van der Waals surface area contributed by atoms with E-state index in [9.17, 15) is 14.7 Å². The van der Waals surface area contributed by atoms with Gasteiger partial charge in [0.25, 0.3) is 5.91 Å². The van der Waals surface area contributed by atoms with Crippen LogP contribution in [0.3, 0.4) is 0 Å². The molecule has 0 fully saturated rings. The van der Waals surface area contributed by atoms with Crippen molar-refractivity contribution in [3.05, 3.63) is 58.1 Å². The largest absolute Gasteiger partial charge is 0.507 e. The van der Waals surface area contributed by atoms with Crippen LogP contribution in [-0.4, -0.2) is 28.4 Å². The molecule has 1 aliphatic heterocycles. The van der Waals surface area contributed by atoms with E-state index in [0.717, 1.165) is 42.5 Å². The van der Waals surface area contributed by atoms with E-state index in [-0.39, 0.29) is 17.6 Å². The number of phenolic OH excluding ortho intramolecular Hbond substituents is 1. The molecule has 5 heteroatoms. The average Bonchev–Trinajstić information content (AvgIpc) is 2.66. The number of amides is 2. The summed E-state index contributed by atoms with van der Waals surface area (Å²) in [6.07, 6.45) is 4.90. The van der Waals surface area contributed by atoms with Gasteiger partial charge in [-0.05, 0) is 72.6 Å². The number of carbonyl (C=O) groups excluding carboxylic acids is 2. The first-order chi connectivity index (χ1) is 13.0. The molecule has 5 nitrogen and oxygen atoms in total. The number of phenols is 1. The zero-order valence-electron chi connectivity index (χ0n) is 15.5. The third kappa shape index (κ3) is 3.42. The number of aryl methyl sites for hydroxylation is 2. The van der Waals surface area contributed by atoms with Crippen molar-refractivity contribution in [1.29, 1.82) is 0 Å². The SMILES string of the molecule is CC(=O)Nc1cccc2c1CCN(C(=O)c1cc3c(cc1O)CCCC3)C2. The minimum atomic E-state index is -0.128. The summed E-state index contributed by atoms with van der Waals surface area (Å²) in [5, 5.41) is 13.3. The first kappa shape index (κ1) is 17.6. The maximum Gasteiger partial charge on any atom is 0.257 e. The highest BCUT2D eigenvalue weighted by atomic mass is 16.3. The number of nitrogens with zero attached hydrogens (tertiary/aromatic N) is 1. The Balaban J connectivity index is 1.59. The van der Waals surface area contributed by atoms with Crippen molar-refractivity contribution in [2.24, 2.45) is 0 Å². The molecule has 0 saturated heterocycles. The first-order valence-electron chi connectivity index (χ1n) is 9.55. The van der Waals surface area contributed by atoms with Crippen molar-refractivity contribution >= 4 is 17.5 Å². The lowest BCUT2D eigenvalue weighted by Gasteiger charge is -2.31. The second-order valence-corrected chi connectivity index (χ2v) is 7.45. The molecule has 4 rings (SSSR count). The molecule has 2 N–H and O–H groups in total. The van der Waals surface area contributed by atoms with Crippen molar-refractivity contribution in [2.75, 3.05) is 11.9 Å². The van der Waals surface area contributed by atoms with Crippen molar-refractivity contribution < 1.29 is 14.7 Å². The molecule has 0 saturated carbocycles. The van der Waals surface area contributed by atoms with E-state index in [4.69, 9.17) is 0 Å². The number of aromatic hydroxyl groups is 1. The summed E-state index contributed by atoms with van der Waals surface area (Å²) in [5.41, 5.74) is 5.71. The summed E-state index contributed by atoms with van der Waals surface area (Å²) >= 11 is 0. The third-order valence-electron chi connectivity index (χ3n) is 5.55. The molecule has 0 bridgehead atoms. The lowest BCUT2D eigenvalue weighted by atomic mass is 9.89. The summed E-state index contributed by atoms with van der Waals surface area (Å²) in [4.78, 5) is 26.3. The summed E-state index contributed by atoms with van der Waals surface area (Å²) in [6.45, 7) is 2.55. The zero-order chi connectivity index (χ0) is 19.0. The van der Waals surface area contributed by atoms with Crippen molar-refractivity contribution in [3.63, 3.8) is 0 Å². The molecule has 0 spiro atoms. The monoisotopic (exact) mass is 364 g/mol.